The number of fused-ring (bicyclic) bond motifs is 1. The first-order valence-corrected chi connectivity index (χ1v) is 8.55. The molecule has 1 N–H and O–H groups in total. The first kappa shape index (κ1) is 17.1. The molecule has 0 aliphatic rings. The van der Waals surface area contributed by atoms with Crippen LogP contribution in [-0.4, -0.2) is 22.7 Å². The molecular weight excluding hydrogens is 345 g/mol. The Hall–Kier alpha value is -1.75. The van der Waals surface area contributed by atoms with E-state index in [1.165, 1.54) is 0 Å². The fourth-order valence-corrected chi connectivity index (χ4v) is 3.24. The van der Waals surface area contributed by atoms with Gasteiger partial charge in [-0.25, -0.2) is 0 Å². The van der Waals surface area contributed by atoms with Crippen LogP contribution in [-0.2, 0) is 6.54 Å². The lowest BCUT2D eigenvalue weighted by molar-refractivity contribution is 0.506. The van der Waals surface area contributed by atoms with E-state index in [0.29, 0.717) is 16.6 Å². The molecule has 0 saturated heterocycles. The molecule has 0 aliphatic heterocycles. The lowest BCUT2D eigenvalue weighted by Crippen LogP contribution is -2.28. The number of nitrogens with zero attached hydrogens (tertiary/aromatic N) is 2. The molecule has 3 aromatic rings. The fourth-order valence-electron chi connectivity index (χ4n) is 2.92. The molecule has 0 unspecified atom stereocenters. The van der Waals surface area contributed by atoms with Gasteiger partial charge in [-0.2, -0.15) is 0 Å². The van der Waals surface area contributed by atoms with Crippen LogP contribution in [0.25, 0.3) is 10.9 Å². The number of halogens is 2. The Morgan fingerprint density at radius 1 is 1.12 bits per heavy atom. The van der Waals surface area contributed by atoms with E-state index in [1.807, 2.05) is 55.2 Å². The summed E-state index contributed by atoms with van der Waals surface area (Å²) in [5.41, 5.74) is 1.98. The molecule has 3 rings (SSSR count). The van der Waals surface area contributed by atoms with Crippen LogP contribution >= 0.6 is 23.2 Å². The Morgan fingerprint density at radius 2 is 1.92 bits per heavy atom. The lowest BCUT2D eigenvalue weighted by atomic mass is 10.2. The van der Waals surface area contributed by atoms with E-state index in [2.05, 4.69) is 5.32 Å². The summed E-state index contributed by atoms with van der Waals surface area (Å²) in [5, 5.41) is 4.90. The largest absolute Gasteiger partial charge is 0.343 e. The van der Waals surface area contributed by atoms with Crippen molar-refractivity contribution in [1.82, 2.24) is 14.5 Å². The number of benzene rings is 1. The van der Waals surface area contributed by atoms with E-state index in [1.54, 1.807) is 10.6 Å². The molecule has 2 aromatic heterocycles. The van der Waals surface area contributed by atoms with Crippen molar-refractivity contribution in [3.8, 4) is 0 Å². The number of hydrogen-bond acceptors (Lipinski definition) is 2. The fraction of sp³-hybridized carbons (Fsp3) is 0.278. The van der Waals surface area contributed by atoms with Crippen molar-refractivity contribution >= 4 is 34.1 Å². The van der Waals surface area contributed by atoms with Gasteiger partial charge in [0.05, 0.1) is 20.9 Å². The predicted molar refractivity (Wildman–Crippen MR) is 100 cm³/mol. The van der Waals surface area contributed by atoms with Crippen LogP contribution in [0.2, 0.25) is 10.0 Å². The molecule has 0 fully saturated rings. The average molecular weight is 364 g/mol. The highest BCUT2D eigenvalue weighted by atomic mass is 35.5. The number of likely N-dealkylation sites (N-methyl/N-ethyl adjacent to an activating group) is 1. The Labute approximate surface area is 150 Å². The van der Waals surface area contributed by atoms with Crippen LogP contribution in [0, 0.1) is 0 Å². The summed E-state index contributed by atoms with van der Waals surface area (Å²) in [6.07, 6.45) is 3.79. The van der Waals surface area contributed by atoms with Gasteiger partial charge in [0, 0.05) is 31.5 Å². The standard InChI is InChI=1S/C18H19Cl2N3O/c1-12(10-21-2)23-8-6-17-14(18(23)24)5-7-22(17)11-13-3-4-15(19)16(20)9-13/h3-9,12,21H,10-11H2,1-2H3/t12-/m0/s1. The quantitative estimate of drug-likeness (QED) is 0.745. The first-order chi connectivity index (χ1) is 11.5. The van der Waals surface area contributed by atoms with Crippen molar-refractivity contribution in [2.45, 2.75) is 19.5 Å². The maximum atomic E-state index is 12.7. The Morgan fingerprint density at radius 3 is 2.62 bits per heavy atom. The highest BCUT2D eigenvalue weighted by Gasteiger charge is 2.11. The van der Waals surface area contributed by atoms with Gasteiger partial charge in [0.25, 0.3) is 5.56 Å². The van der Waals surface area contributed by atoms with Gasteiger partial charge in [0.2, 0.25) is 0 Å². The molecule has 126 valence electrons. The monoisotopic (exact) mass is 363 g/mol. The third-order valence-electron chi connectivity index (χ3n) is 4.18. The zero-order valence-electron chi connectivity index (χ0n) is 13.6. The highest BCUT2D eigenvalue weighted by Crippen LogP contribution is 2.24. The van der Waals surface area contributed by atoms with Crippen LogP contribution < -0.4 is 10.9 Å². The molecule has 0 radical (unpaired) electrons. The van der Waals surface area contributed by atoms with E-state index < -0.39 is 0 Å². The van der Waals surface area contributed by atoms with E-state index >= 15 is 0 Å². The van der Waals surface area contributed by atoms with Crippen LogP contribution in [0.4, 0.5) is 0 Å². The molecule has 4 nitrogen and oxygen atoms in total. The number of hydrogen-bond donors (Lipinski definition) is 1. The van der Waals surface area contributed by atoms with Crippen LogP contribution in [0.15, 0.2) is 47.5 Å². The Bertz CT molecular complexity index is 930. The third kappa shape index (κ3) is 3.22. The number of pyridine rings is 1. The molecule has 2 heterocycles. The predicted octanol–water partition coefficient (Wildman–Crippen LogP) is 3.94. The zero-order chi connectivity index (χ0) is 17.3. The smallest absolute Gasteiger partial charge is 0.260 e. The number of rotatable bonds is 5. The molecular formula is C18H19Cl2N3O. The number of nitrogens with one attached hydrogen (secondary N) is 1. The van der Waals surface area contributed by atoms with Crippen LogP contribution in [0.3, 0.4) is 0 Å². The molecule has 0 aliphatic carbocycles. The second-order valence-corrected chi connectivity index (χ2v) is 6.74. The van der Waals surface area contributed by atoms with Gasteiger partial charge in [0.1, 0.15) is 0 Å². The topological polar surface area (TPSA) is 39.0 Å². The second-order valence-electron chi connectivity index (χ2n) is 5.93. The van der Waals surface area contributed by atoms with E-state index in [4.69, 9.17) is 23.2 Å². The second kappa shape index (κ2) is 7.01. The zero-order valence-corrected chi connectivity index (χ0v) is 15.1. The van der Waals surface area contributed by atoms with Crippen molar-refractivity contribution in [3.05, 3.63) is 68.7 Å². The summed E-state index contributed by atoms with van der Waals surface area (Å²) in [7, 11) is 1.88. The first-order valence-electron chi connectivity index (χ1n) is 7.79. The van der Waals surface area contributed by atoms with Gasteiger partial charge < -0.3 is 14.5 Å². The van der Waals surface area contributed by atoms with Crippen molar-refractivity contribution < 1.29 is 0 Å². The van der Waals surface area contributed by atoms with Crippen molar-refractivity contribution in [1.29, 1.82) is 0 Å². The summed E-state index contributed by atoms with van der Waals surface area (Å²) >= 11 is 12.0. The van der Waals surface area contributed by atoms with Crippen LogP contribution in [0.5, 0.6) is 0 Å². The minimum Gasteiger partial charge on any atom is -0.343 e. The van der Waals surface area contributed by atoms with Gasteiger partial charge in [-0.15, -0.1) is 0 Å². The summed E-state index contributed by atoms with van der Waals surface area (Å²) in [6.45, 7) is 3.40. The molecule has 1 atom stereocenters. The molecule has 0 amide bonds. The highest BCUT2D eigenvalue weighted by molar-refractivity contribution is 6.42. The number of aromatic nitrogens is 2. The average Bonchev–Trinajstić information content (AvgIpc) is 2.95. The Balaban J connectivity index is 1.97. The van der Waals surface area contributed by atoms with Gasteiger partial charge in [-0.1, -0.05) is 29.3 Å². The lowest BCUT2D eigenvalue weighted by Gasteiger charge is -2.15. The Kier molecular flexibility index (Phi) is 4.99. The maximum Gasteiger partial charge on any atom is 0.260 e. The van der Waals surface area contributed by atoms with E-state index in [-0.39, 0.29) is 11.6 Å². The summed E-state index contributed by atoms with van der Waals surface area (Å²) in [6, 6.07) is 9.54. The van der Waals surface area contributed by atoms with Crippen molar-refractivity contribution in [2.75, 3.05) is 13.6 Å². The molecule has 6 heteroatoms. The molecule has 0 saturated carbocycles. The summed E-state index contributed by atoms with van der Waals surface area (Å²) < 4.78 is 3.81. The van der Waals surface area contributed by atoms with Crippen LogP contribution in [0.1, 0.15) is 18.5 Å². The minimum atomic E-state index is 0.0307. The van der Waals surface area contributed by atoms with Crippen molar-refractivity contribution in [3.63, 3.8) is 0 Å². The van der Waals surface area contributed by atoms with E-state index in [9.17, 15) is 4.79 Å². The van der Waals surface area contributed by atoms with Gasteiger partial charge in [-0.05, 0) is 43.8 Å². The van der Waals surface area contributed by atoms with Crippen molar-refractivity contribution in [2.24, 2.45) is 0 Å². The van der Waals surface area contributed by atoms with E-state index in [0.717, 1.165) is 23.0 Å². The summed E-state index contributed by atoms with van der Waals surface area (Å²) in [4.78, 5) is 12.7. The van der Waals surface area contributed by atoms with Gasteiger partial charge >= 0.3 is 0 Å². The minimum absolute atomic E-state index is 0.0307. The molecule has 24 heavy (non-hydrogen) atoms. The normalized spacial score (nSPS) is 12.7. The van der Waals surface area contributed by atoms with Gasteiger partial charge in [-0.3, -0.25) is 4.79 Å². The molecule has 0 spiro atoms. The SMILES string of the molecule is CNC[C@H](C)n1ccc2c(ccn2Cc2ccc(Cl)c(Cl)c2)c1=O. The summed E-state index contributed by atoms with van der Waals surface area (Å²) in [5.74, 6) is 0. The third-order valence-corrected chi connectivity index (χ3v) is 4.91. The molecule has 1 aromatic carbocycles. The maximum absolute atomic E-state index is 12.7. The molecule has 0 bridgehead atoms. The van der Waals surface area contributed by atoms with Gasteiger partial charge in [0.15, 0.2) is 0 Å².